The van der Waals surface area contributed by atoms with E-state index in [0.717, 1.165) is 10.2 Å². The molecule has 0 aromatic heterocycles. The van der Waals surface area contributed by atoms with E-state index in [1.807, 2.05) is 12.1 Å². The van der Waals surface area contributed by atoms with Crippen molar-refractivity contribution in [3.05, 3.63) is 27.7 Å². The van der Waals surface area contributed by atoms with E-state index >= 15 is 0 Å². The fourth-order valence-electron chi connectivity index (χ4n) is 1.08. The highest BCUT2D eigenvalue weighted by molar-refractivity contribution is 9.10. The Hall–Kier alpha value is -0.740. The van der Waals surface area contributed by atoms with Crippen LogP contribution in [-0.2, 0) is 4.79 Å². The van der Waals surface area contributed by atoms with Gasteiger partial charge in [-0.3, -0.25) is 4.79 Å². The first-order valence-electron chi connectivity index (χ1n) is 4.50. The molecule has 0 amide bonds. The van der Waals surface area contributed by atoms with Crippen LogP contribution in [0.1, 0.15) is 12.8 Å². The Balaban J connectivity index is 2.38. The smallest absolute Gasteiger partial charge is 0.303 e. The Morgan fingerprint density at radius 2 is 2.27 bits per heavy atom. The molecule has 0 unspecified atom stereocenters. The number of rotatable bonds is 5. The van der Waals surface area contributed by atoms with Crippen LogP contribution < -0.4 is 5.32 Å². The monoisotopic (exact) mass is 291 g/mol. The van der Waals surface area contributed by atoms with Gasteiger partial charge in [0.15, 0.2) is 0 Å². The normalized spacial score (nSPS) is 10.0. The van der Waals surface area contributed by atoms with E-state index < -0.39 is 5.97 Å². The maximum atomic E-state index is 10.3. The lowest BCUT2D eigenvalue weighted by molar-refractivity contribution is -0.137. The molecule has 5 heteroatoms. The molecule has 82 valence electrons. The molecule has 0 bridgehead atoms. The van der Waals surface area contributed by atoms with Gasteiger partial charge in [-0.25, -0.2) is 0 Å². The minimum Gasteiger partial charge on any atom is -0.481 e. The lowest BCUT2D eigenvalue weighted by Crippen LogP contribution is -2.04. The maximum Gasteiger partial charge on any atom is 0.303 e. The maximum absolute atomic E-state index is 10.3. The summed E-state index contributed by atoms with van der Waals surface area (Å²) >= 11 is 9.19. The molecule has 0 aliphatic heterocycles. The molecule has 3 nitrogen and oxygen atoms in total. The van der Waals surface area contributed by atoms with Gasteiger partial charge in [0.1, 0.15) is 0 Å². The summed E-state index contributed by atoms with van der Waals surface area (Å²) in [6.07, 6.45) is 0.778. The molecule has 0 saturated heterocycles. The largest absolute Gasteiger partial charge is 0.481 e. The van der Waals surface area contributed by atoms with E-state index in [-0.39, 0.29) is 6.42 Å². The average molecular weight is 293 g/mol. The van der Waals surface area contributed by atoms with Crippen LogP contribution in [0, 0.1) is 0 Å². The molecule has 2 N–H and O–H groups in total. The van der Waals surface area contributed by atoms with Gasteiger partial charge in [0, 0.05) is 23.1 Å². The van der Waals surface area contributed by atoms with Crippen molar-refractivity contribution in [3.8, 4) is 0 Å². The van der Waals surface area contributed by atoms with Crippen molar-refractivity contribution in [2.24, 2.45) is 0 Å². The van der Waals surface area contributed by atoms with Crippen LogP contribution in [0.2, 0.25) is 5.02 Å². The van der Waals surface area contributed by atoms with Crippen LogP contribution in [0.3, 0.4) is 0 Å². The van der Waals surface area contributed by atoms with Crippen molar-refractivity contribution in [2.45, 2.75) is 12.8 Å². The number of hydrogen-bond donors (Lipinski definition) is 2. The van der Waals surface area contributed by atoms with Gasteiger partial charge in [-0.15, -0.1) is 0 Å². The fourth-order valence-corrected chi connectivity index (χ4v) is 1.51. The first-order valence-corrected chi connectivity index (χ1v) is 5.67. The molecule has 0 aliphatic rings. The molecule has 1 aromatic carbocycles. The molecule has 0 atom stereocenters. The standard InChI is InChI=1S/C10H11BrClNO2/c11-8-4-3-7(6-9(8)12)13-5-1-2-10(14)15/h3-4,6,13H,1-2,5H2,(H,14,15). The lowest BCUT2D eigenvalue weighted by atomic mass is 10.3. The summed E-state index contributed by atoms with van der Waals surface area (Å²) in [6, 6.07) is 5.53. The second-order valence-electron chi connectivity index (χ2n) is 3.05. The van der Waals surface area contributed by atoms with E-state index in [4.69, 9.17) is 16.7 Å². The van der Waals surface area contributed by atoms with Crippen LogP contribution in [0.25, 0.3) is 0 Å². The van der Waals surface area contributed by atoms with Crippen molar-refractivity contribution >= 4 is 39.2 Å². The molecule has 1 aromatic rings. The molecular weight excluding hydrogens is 281 g/mol. The summed E-state index contributed by atoms with van der Waals surface area (Å²) < 4.78 is 0.847. The van der Waals surface area contributed by atoms with E-state index in [2.05, 4.69) is 21.2 Å². The van der Waals surface area contributed by atoms with Crippen molar-refractivity contribution in [1.82, 2.24) is 0 Å². The highest BCUT2D eigenvalue weighted by Gasteiger charge is 1.99. The van der Waals surface area contributed by atoms with Gasteiger partial charge >= 0.3 is 5.97 Å². The third kappa shape index (κ3) is 4.53. The molecule has 1 rings (SSSR count). The van der Waals surface area contributed by atoms with Crippen molar-refractivity contribution < 1.29 is 9.90 Å². The summed E-state index contributed by atoms with van der Waals surface area (Å²) in [5.74, 6) is -0.773. The van der Waals surface area contributed by atoms with Gasteiger partial charge in [0.05, 0.1) is 5.02 Å². The summed E-state index contributed by atoms with van der Waals surface area (Å²) in [5, 5.41) is 12.2. The quantitative estimate of drug-likeness (QED) is 0.818. The highest BCUT2D eigenvalue weighted by Crippen LogP contribution is 2.25. The minimum atomic E-state index is -0.773. The number of nitrogens with one attached hydrogen (secondary N) is 1. The van der Waals surface area contributed by atoms with E-state index in [9.17, 15) is 4.79 Å². The summed E-state index contributed by atoms with van der Waals surface area (Å²) in [7, 11) is 0. The first kappa shape index (κ1) is 12.3. The zero-order chi connectivity index (χ0) is 11.3. The summed E-state index contributed by atoms with van der Waals surface area (Å²) in [5.41, 5.74) is 0.897. The topological polar surface area (TPSA) is 49.3 Å². The average Bonchev–Trinajstić information content (AvgIpc) is 2.18. The van der Waals surface area contributed by atoms with Crippen LogP contribution in [0.15, 0.2) is 22.7 Å². The van der Waals surface area contributed by atoms with Gasteiger partial charge in [-0.05, 0) is 40.5 Å². The molecular formula is C10H11BrClNO2. The molecule has 0 saturated carbocycles. The highest BCUT2D eigenvalue weighted by atomic mass is 79.9. The van der Waals surface area contributed by atoms with Crippen molar-refractivity contribution in [1.29, 1.82) is 0 Å². The number of halogens is 2. The fraction of sp³-hybridized carbons (Fsp3) is 0.300. The van der Waals surface area contributed by atoms with Gasteiger partial charge in [0.2, 0.25) is 0 Å². The number of benzene rings is 1. The van der Waals surface area contributed by atoms with Gasteiger partial charge < -0.3 is 10.4 Å². The Morgan fingerprint density at radius 3 is 2.87 bits per heavy atom. The Morgan fingerprint density at radius 1 is 1.53 bits per heavy atom. The van der Waals surface area contributed by atoms with E-state index in [1.54, 1.807) is 6.07 Å². The second-order valence-corrected chi connectivity index (χ2v) is 4.31. The number of anilines is 1. The number of carbonyl (C=O) groups is 1. The van der Waals surface area contributed by atoms with Gasteiger partial charge in [-0.1, -0.05) is 11.6 Å². The minimum absolute atomic E-state index is 0.178. The number of aliphatic carboxylic acids is 1. The summed E-state index contributed by atoms with van der Waals surface area (Å²) in [4.78, 5) is 10.3. The predicted octanol–water partition coefficient (Wildman–Crippen LogP) is 3.38. The molecule has 15 heavy (non-hydrogen) atoms. The lowest BCUT2D eigenvalue weighted by Gasteiger charge is -2.06. The third-order valence-corrected chi connectivity index (χ3v) is 3.05. The number of carboxylic acids is 1. The van der Waals surface area contributed by atoms with Crippen LogP contribution in [-0.4, -0.2) is 17.6 Å². The zero-order valence-corrected chi connectivity index (χ0v) is 10.3. The molecule has 0 spiro atoms. The Bertz CT molecular complexity index is 357. The Kier molecular flexibility index (Phi) is 4.91. The van der Waals surface area contributed by atoms with Crippen LogP contribution in [0.5, 0.6) is 0 Å². The SMILES string of the molecule is O=C(O)CCCNc1ccc(Br)c(Cl)c1. The second kappa shape index (κ2) is 5.98. The van der Waals surface area contributed by atoms with Crippen LogP contribution >= 0.6 is 27.5 Å². The van der Waals surface area contributed by atoms with E-state index in [1.165, 1.54) is 0 Å². The third-order valence-electron chi connectivity index (χ3n) is 1.82. The van der Waals surface area contributed by atoms with Gasteiger partial charge in [-0.2, -0.15) is 0 Å². The van der Waals surface area contributed by atoms with Crippen molar-refractivity contribution in [2.75, 3.05) is 11.9 Å². The van der Waals surface area contributed by atoms with E-state index in [0.29, 0.717) is 18.0 Å². The Labute approximate surface area is 102 Å². The number of hydrogen-bond acceptors (Lipinski definition) is 2. The van der Waals surface area contributed by atoms with Crippen LogP contribution in [0.4, 0.5) is 5.69 Å². The summed E-state index contributed by atoms with van der Waals surface area (Å²) in [6.45, 7) is 0.629. The number of carboxylic acid groups (broad SMARTS) is 1. The molecule has 0 radical (unpaired) electrons. The predicted molar refractivity (Wildman–Crippen MR) is 64.5 cm³/mol. The zero-order valence-electron chi connectivity index (χ0n) is 7.96. The van der Waals surface area contributed by atoms with Crippen molar-refractivity contribution in [3.63, 3.8) is 0 Å². The molecule has 0 heterocycles. The van der Waals surface area contributed by atoms with Gasteiger partial charge in [0.25, 0.3) is 0 Å². The molecule has 0 aliphatic carbocycles. The molecule has 0 fully saturated rings. The first-order chi connectivity index (χ1) is 7.09.